The summed E-state index contributed by atoms with van der Waals surface area (Å²) in [6.45, 7) is 2.11. The van der Waals surface area contributed by atoms with E-state index in [4.69, 9.17) is 0 Å². The molecule has 0 aliphatic heterocycles. The maximum Gasteiger partial charge on any atom is 0.420 e. The minimum atomic E-state index is -4.52. The van der Waals surface area contributed by atoms with Crippen LogP contribution in [-0.2, 0) is 12.6 Å². The molecule has 0 amide bonds. The van der Waals surface area contributed by atoms with Crippen molar-refractivity contribution in [1.29, 1.82) is 0 Å². The summed E-state index contributed by atoms with van der Waals surface area (Å²) in [6.07, 6.45) is -1.62. The van der Waals surface area contributed by atoms with E-state index in [2.05, 4.69) is 16.9 Å². The van der Waals surface area contributed by atoms with Gasteiger partial charge in [0.25, 0.3) is 0 Å². The molecule has 0 bridgehead atoms. The van der Waals surface area contributed by atoms with Crippen molar-refractivity contribution in [3.05, 3.63) is 71.9 Å². The van der Waals surface area contributed by atoms with Gasteiger partial charge in [0, 0.05) is 23.8 Å². The summed E-state index contributed by atoms with van der Waals surface area (Å²) < 4.78 is 40.3. The van der Waals surface area contributed by atoms with Crippen molar-refractivity contribution >= 4 is 23.4 Å². The molecule has 7 heteroatoms. The highest BCUT2D eigenvalue weighted by molar-refractivity contribution is 7.99. The summed E-state index contributed by atoms with van der Waals surface area (Å²) in [4.78, 5) is 10.6. The van der Waals surface area contributed by atoms with Gasteiger partial charge in [0.05, 0.1) is 0 Å². The molecule has 0 aliphatic carbocycles. The van der Waals surface area contributed by atoms with Gasteiger partial charge in [0.2, 0.25) is 5.95 Å². The highest BCUT2D eigenvalue weighted by atomic mass is 32.2. The first-order valence-electron chi connectivity index (χ1n) is 8.88. The molecule has 0 saturated carbocycles. The summed E-state index contributed by atoms with van der Waals surface area (Å²) in [7, 11) is 1.74. The van der Waals surface area contributed by atoms with Gasteiger partial charge in [-0.1, -0.05) is 55.4 Å². The molecule has 0 unspecified atom stereocenters. The molecule has 146 valence electrons. The zero-order chi connectivity index (χ0) is 20.1. The smallest absolute Gasteiger partial charge is 0.314 e. The van der Waals surface area contributed by atoms with Crippen molar-refractivity contribution in [2.75, 3.05) is 11.9 Å². The Bertz CT molecular complexity index is 912. The fourth-order valence-electron chi connectivity index (χ4n) is 2.68. The highest BCUT2D eigenvalue weighted by Gasteiger charge is 2.35. The fourth-order valence-corrected chi connectivity index (χ4v) is 3.60. The lowest BCUT2D eigenvalue weighted by atomic mass is 10.1. The largest absolute Gasteiger partial charge is 0.420 e. The number of halogens is 3. The third kappa shape index (κ3) is 4.84. The second-order valence-electron chi connectivity index (χ2n) is 6.28. The molecular weight excluding hydrogens is 383 g/mol. The van der Waals surface area contributed by atoms with Crippen molar-refractivity contribution in [3.8, 4) is 0 Å². The van der Waals surface area contributed by atoms with Crippen molar-refractivity contribution in [2.24, 2.45) is 0 Å². The van der Waals surface area contributed by atoms with Gasteiger partial charge in [-0.25, -0.2) is 9.97 Å². The quantitative estimate of drug-likeness (QED) is 0.447. The predicted molar refractivity (Wildman–Crippen MR) is 106 cm³/mol. The van der Waals surface area contributed by atoms with Crippen LogP contribution in [0.25, 0.3) is 0 Å². The molecule has 0 N–H and O–H groups in total. The summed E-state index contributed by atoms with van der Waals surface area (Å²) in [5.41, 5.74) is 1.19. The van der Waals surface area contributed by atoms with Crippen LogP contribution in [0.2, 0.25) is 0 Å². The minimum absolute atomic E-state index is 0.113. The number of hydrogen-bond donors (Lipinski definition) is 0. The standard InChI is InChI=1S/C21H20F3N3S/c1-3-7-15-10-12-16(13-11-15)27(2)20-25-14-18(21(22,23)24)19(26-20)28-17-8-5-4-6-9-17/h4-6,8-14H,3,7H2,1-2H3. The monoisotopic (exact) mass is 403 g/mol. The van der Waals surface area contributed by atoms with Gasteiger partial charge in [-0.15, -0.1) is 0 Å². The lowest BCUT2D eigenvalue weighted by Crippen LogP contribution is -2.16. The molecular formula is C21H20F3N3S. The van der Waals surface area contributed by atoms with Crippen LogP contribution in [-0.4, -0.2) is 17.0 Å². The average Bonchev–Trinajstić information content (AvgIpc) is 2.68. The topological polar surface area (TPSA) is 29.0 Å². The third-order valence-corrected chi connectivity index (χ3v) is 5.18. The van der Waals surface area contributed by atoms with Gasteiger partial charge in [-0.2, -0.15) is 13.2 Å². The molecule has 0 fully saturated rings. The van der Waals surface area contributed by atoms with Crippen molar-refractivity contribution in [2.45, 2.75) is 35.9 Å². The predicted octanol–water partition coefficient (Wildman–Crippen LogP) is 6.37. The number of hydrogen-bond acceptors (Lipinski definition) is 4. The van der Waals surface area contributed by atoms with Crippen LogP contribution in [0.5, 0.6) is 0 Å². The van der Waals surface area contributed by atoms with Crippen LogP contribution in [0, 0.1) is 0 Å². The van der Waals surface area contributed by atoms with Crippen LogP contribution in [0.4, 0.5) is 24.8 Å². The van der Waals surface area contributed by atoms with Gasteiger partial charge >= 0.3 is 6.18 Å². The molecule has 1 aromatic heterocycles. The van der Waals surface area contributed by atoms with E-state index < -0.39 is 11.7 Å². The maximum atomic E-state index is 13.4. The van der Waals surface area contributed by atoms with E-state index in [1.54, 1.807) is 36.2 Å². The molecule has 3 nitrogen and oxygen atoms in total. The molecule has 0 aliphatic rings. The Morgan fingerprint density at radius 1 is 1.00 bits per heavy atom. The maximum absolute atomic E-state index is 13.4. The highest BCUT2D eigenvalue weighted by Crippen LogP contribution is 2.39. The zero-order valence-electron chi connectivity index (χ0n) is 15.6. The van der Waals surface area contributed by atoms with Crippen LogP contribution in [0.15, 0.2) is 70.7 Å². The minimum Gasteiger partial charge on any atom is -0.314 e. The Morgan fingerprint density at radius 3 is 2.29 bits per heavy atom. The third-order valence-electron chi connectivity index (χ3n) is 4.17. The second-order valence-corrected chi connectivity index (χ2v) is 7.34. The average molecular weight is 403 g/mol. The Kier molecular flexibility index (Phi) is 6.24. The first-order chi connectivity index (χ1) is 13.4. The molecule has 2 aromatic carbocycles. The second kappa shape index (κ2) is 8.65. The molecule has 0 spiro atoms. The van der Waals surface area contributed by atoms with Gasteiger partial charge in [0.15, 0.2) is 0 Å². The number of anilines is 2. The molecule has 0 atom stereocenters. The summed E-state index contributed by atoms with van der Waals surface area (Å²) in [5.74, 6) is 0.217. The van der Waals surface area contributed by atoms with E-state index in [0.717, 1.165) is 36.5 Å². The lowest BCUT2D eigenvalue weighted by Gasteiger charge is -2.20. The van der Waals surface area contributed by atoms with Crippen LogP contribution in [0.3, 0.4) is 0 Å². The van der Waals surface area contributed by atoms with E-state index in [0.29, 0.717) is 4.90 Å². The Labute approximate surface area is 166 Å². The number of benzene rings is 2. The van der Waals surface area contributed by atoms with Crippen molar-refractivity contribution in [1.82, 2.24) is 9.97 Å². The molecule has 0 saturated heterocycles. The number of aromatic nitrogens is 2. The molecule has 3 aromatic rings. The lowest BCUT2D eigenvalue weighted by molar-refractivity contribution is -0.140. The van der Waals surface area contributed by atoms with Crippen molar-refractivity contribution in [3.63, 3.8) is 0 Å². The molecule has 3 rings (SSSR count). The van der Waals surface area contributed by atoms with Gasteiger partial charge in [-0.3, -0.25) is 0 Å². The summed E-state index contributed by atoms with van der Waals surface area (Å²) >= 11 is 0.979. The Morgan fingerprint density at radius 2 is 1.68 bits per heavy atom. The Balaban J connectivity index is 1.94. The van der Waals surface area contributed by atoms with Crippen LogP contribution in [0.1, 0.15) is 24.5 Å². The Hall–Kier alpha value is -2.54. The van der Waals surface area contributed by atoms with Crippen molar-refractivity contribution < 1.29 is 13.2 Å². The molecule has 28 heavy (non-hydrogen) atoms. The zero-order valence-corrected chi connectivity index (χ0v) is 16.4. The SMILES string of the molecule is CCCc1ccc(N(C)c2ncc(C(F)(F)F)c(Sc3ccccc3)n2)cc1. The normalized spacial score (nSPS) is 11.5. The van der Waals surface area contributed by atoms with E-state index in [1.807, 2.05) is 30.3 Å². The molecule has 1 heterocycles. The number of aryl methyl sites for hydroxylation is 1. The fraction of sp³-hybridized carbons (Fsp3) is 0.238. The molecule has 0 radical (unpaired) electrons. The van der Waals surface area contributed by atoms with Gasteiger partial charge in [0.1, 0.15) is 10.6 Å². The summed E-state index contributed by atoms with van der Waals surface area (Å²) in [5, 5.41) is -0.113. The number of rotatable bonds is 6. The van der Waals surface area contributed by atoms with Gasteiger partial charge < -0.3 is 4.90 Å². The van der Waals surface area contributed by atoms with Crippen LogP contribution >= 0.6 is 11.8 Å². The van der Waals surface area contributed by atoms with E-state index in [9.17, 15) is 13.2 Å². The van der Waals surface area contributed by atoms with E-state index in [-0.39, 0.29) is 11.0 Å². The number of nitrogens with zero attached hydrogens (tertiary/aromatic N) is 3. The first-order valence-corrected chi connectivity index (χ1v) is 9.70. The van der Waals surface area contributed by atoms with Crippen LogP contribution < -0.4 is 4.90 Å². The number of alkyl halides is 3. The first kappa shape index (κ1) is 20.2. The van der Waals surface area contributed by atoms with E-state index in [1.165, 1.54) is 5.56 Å². The summed E-state index contributed by atoms with van der Waals surface area (Å²) in [6, 6.07) is 16.8. The van der Waals surface area contributed by atoms with E-state index >= 15 is 0 Å². The van der Waals surface area contributed by atoms with Gasteiger partial charge in [-0.05, 0) is 36.2 Å².